The van der Waals surface area contributed by atoms with Crippen molar-refractivity contribution in [3.8, 4) is 0 Å². The highest BCUT2D eigenvalue weighted by Crippen LogP contribution is 2.19. The molecule has 0 bridgehead atoms. The van der Waals surface area contributed by atoms with E-state index in [1.165, 1.54) is 0 Å². The van der Waals surface area contributed by atoms with Crippen molar-refractivity contribution in [3.05, 3.63) is 66.2 Å². The largest absolute Gasteiger partial charge is 0.302 e. The lowest BCUT2D eigenvalue weighted by Crippen LogP contribution is -2.26. The molecule has 0 saturated carbocycles. The molecular weight excluding hydrogens is 304 g/mol. The second-order valence-electron chi connectivity index (χ2n) is 5.46. The summed E-state index contributed by atoms with van der Waals surface area (Å²) in [5, 5.41) is 0. The first-order valence-corrected chi connectivity index (χ1v) is 9.88. The second kappa shape index (κ2) is 8.85. The van der Waals surface area contributed by atoms with Gasteiger partial charge in [-0.25, -0.2) is 8.57 Å². The first kappa shape index (κ1) is 17.7. The zero-order valence-electron chi connectivity index (χ0n) is 14.0. The van der Waals surface area contributed by atoms with Crippen LogP contribution < -0.4 is 0 Å². The van der Waals surface area contributed by atoms with Crippen LogP contribution in [0, 0.1) is 0 Å². The third kappa shape index (κ3) is 5.19. The van der Waals surface area contributed by atoms with E-state index in [1.807, 2.05) is 60.7 Å². The maximum Gasteiger partial charge on any atom is 0.0794 e. The van der Waals surface area contributed by atoms with Gasteiger partial charge in [0.05, 0.1) is 22.0 Å². The van der Waals surface area contributed by atoms with Gasteiger partial charge in [0.15, 0.2) is 0 Å². The lowest BCUT2D eigenvalue weighted by Gasteiger charge is -2.17. The minimum absolute atomic E-state index is 0.468. The van der Waals surface area contributed by atoms with E-state index >= 15 is 0 Å². The molecule has 23 heavy (non-hydrogen) atoms. The number of benzene rings is 2. The van der Waals surface area contributed by atoms with E-state index in [9.17, 15) is 4.21 Å². The molecule has 1 atom stereocenters. The maximum absolute atomic E-state index is 13.5. The fourth-order valence-electron chi connectivity index (χ4n) is 2.51. The Labute approximate surface area is 140 Å². The summed E-state index contributed by atoms with van der Waals surface area (Å²) in [6.07, 6.45) is 0. The molecule has 1 unspecified atom stereocenters. The van der Waals surface area contributed by atoms with E-state index in [1.54, 1.807) is 0 Å². The molecule has 0 aliphatic heterocycles. The molecule has 0 radical (unpaired) electrons. The third-order valence-electron chi connectivity index (χ3n) is 3.93. The van der Waals surface area contributed by atoms with Crippen molar-refractivity contribution in [1.82, 2.24) is 4.90 Å². The summed E-state index contributed by atoms with van der Waals surface area (Å²) in [6, 6.07) is 19.6. The molecular formula is C19H26N2OS. The van der Waals surface area contributed by atoms with Crippen molar-refractivity contribution in [2.24, 2.45) is 4.36 Å². The Morgan fingerprint density at radius 1 is 0.913 bits per heavy atom. The number of hydrogen-bond acceptors (Lipinski definition) is 3. The van der Waals surface area contributed by atoms with Crippen molar-refractivity contribution < 1.29 is 4.21 Å². The fraction of sp³-hybridized carbons (Fsp3) is 0.368. The van der Waals surface area contributed by atoms with Gasteiger partial charge in [-0.15, -0.1) is 0 Å². The lowest BCUT2D eigenvalue weighted by atomic mass is 10.2. The summed E-state index contributed by atoms with van der Waals surface area (Å²) < 4.78 is 18.2. The Morgan fingerprint density at radius 2 is 1.48 bits per heavy atom. The molecule has 0 heterocycles. The first-order valence-electron chi connectivity index (χ1n) is 8.20. The fourth-order valence-corrected chi connectivity index (χ4v) is 4.52. The van der Waals surface area contributed by atoms with Crippen LogP contribution in [0.25, 0.3) is 0 Å². The molecule has 4 heteroatoms. The number of nitrogens with zero attached hydrogens (tertiary/aromatic N) is 2. The average molecular weight is 330 g/mol. The normalized spacial score (nSPS) is 13.7. The summed E-state index contributed by atoms with van der Waals surface area (Å²) in [7, 11) is -2.43. The minimum atomic E-state index is -2.43. The van der Waals surface area contributed by atoms with Crippen LogP contribution in [0.15, 0.2) is 69.9 Å². The molecule has 3 nitrogen and oxygen atoms in total. The molecule has 124 valence electrons. The number of likely N-dealkylation sites (N-methyl/N-ethyl adjacent to an activating group) is 1. The molecule has 0 aliphatic carbocycles. The van der Waals surface area contributed by atoms with E-state index in [2.05, 4.69) is 23.1 Å². The molecule has 0 N–H and O–H groups in total. The van der Waals surface area contributed by atoms with Gasteiger partial charge in [-0.1, -0.05) is 62.4 Å². The van der Waals surface area contributed by atoms with Gasteiger partial charge >= 0.3 is 0 Å². The van der Waals surface area contributed by atoms with Crippen LogP contribution in [0.4, 0.5) is 0 Å². The average Bonchev–Trinajstić information content (AvgIpc) is 2.60. The van der Waals surface area contributed by atoms with Crippen LogP contribution in [0.3, 0.4) is 0 Å². The SMILES string of the molecule is CCN(CC)CCN=S(=O)(Cc1ccccc1)c1ccccc1. The van der Waals surface area contributed by atoms with E-state index < -0.39 is 9.73 Å². The predicted octanol–water partition coefficient (Wildman–Crippen LogP) is 4.06. The van der Waals surface area contributed by atoms with Gasteiger partial charge in [0.2, 0.25) is 0 Å². The summed E-state index contributed by atoms with van der Waals surface area (Å²) in [6.45, 7) is 7.73. The van der Waals surface area contributed by atoms with Crippen LogP contribution in [-0.2, 0) is 15.5 Å². The highest BCUT2D eigenvalue weighted by Gasteiger charge is 2.13. The van der Waals surface area contributed by atoms with Gasteiger partial charge in [0.25, 0.3) is 0 Å². The minimum Gasteiger partial charge on any atom is -0.302 e. The predicted molar refractivity (Wildman–Crippen MR) is 98.1 cm³/mol. The van der Waals surface area contributed by atoms with Crippen molar-refractivity contribution in [2.75, 3.05) is 26.2 Å². The van der Waals surface area contributed by atoms with E-state index in [4.69, 9.17) is 0 Å². The van der Waals surface area contributed by atoms with Crippen molar-refractivity contribution >= 4 is 9.73 Å². The molecule has 0 fully saturated rings. The van der Waals surface area contributed by atoms with Crippen molar-refractivity contribution in [3.63, 3.8) is 0 Å². The molecule has 0 saturated heterocycles. The Hall–Kier alpha value is -1.65. The van der Waals surface area contributed by atoms with E-state index in [0.29, 0.717) is 12.3 Å². The van der Waals surface area contributed by atoms with Gasteiger partial charge in [-0.3, -0.25) is 0 Å². The molecule has 2 rings (SSSR count). The molecule has 0 aromatic heterocycles. The summed E-state index contributed by atoms with van der Waals surface area (Å²) in [4.78, 5) is 3.13. The van der Waals surface area contributed by atoms with E-state index in [0.717, 1.165) is 30.1 Å². The Morgan fingerprint density at radius 3 is 2.04 bits per heavy atom. The smallest absolute Gasteiger partial charge is 0.0794 e. The monoisotopic (exact) mass is 330 g/mol. The van der Waals surface area contributed by atoms with Gasteiger partial charge in [-0.05, 0) is 30.8 Å². The van der Waals surface area contributed by atoms with Gasteiger partial charge in [0, 0.05) is 11.4 Å². The lowest BCUT2D eigenvalue weighted by molar-refractivity contribution is 0.313. The Balaban J connectivity index is 2.26. The Kier molecular flexibility index (Phi) is 6.81. The second-order valence-corrected chi connectivity index (χ2v) is 7.76. The number of hydrogen-bond donors (Lipinski definition) is 0. The van der Waals surface area contributed by atoms with Crippen LogP contribution in [-0.4, -0.2) is 35.3 Å². The Bertz CT molecular complexity index is 688. The van der Waals surface area contributed by atoms with Crippen LogP contribution in [0.2, 0.25) is 0 Å². The number of rotatable bonds is 8. The standard InChI is InChI=1S/C19H26N2OS/c1-3-21(4-2)16-15-20-23(22,19-13-9-6-10-14-19)17-18-11-7-5-8-12-18/h5-14H,3-4,15-17H2,1-2H3. The van der Waals surface area contributed by atoms with Crippen LogP contribution >= 0.6 is 0 Å². The molecule has 0 spiro atoms. The highest BCUT2D eigenvalue weighted by atomic mass is 32.2. The quantitative estimate of drug-likeness (QED) is 0.731. The molecule has 0 aliphatic rings. The van der Waals surface area contributed by atoms with Crippen LogP contribution in [0.5, 0.6) is 0 Å². The third-order valence-corrected chi connectivity index (χ3v) is 6.26. The first-order chi connectivity index (χ1) is 11.2. The van der Waals surface area contributed by atoms with Crippen LogP contribution in [0.1, 0.15) is 19.4 Å². The van der Waals surface area contributed by atoms with Crippen molar-refractivity contribution in [2.45, 2.75) is 24.5 Å². The topological polar surface area (TPSA) is 32.7 Å². The van der Waals surface area contributed by atoms with Gasteiger partial charge in [-0.2, -0.15) is 0 Å². The molecule has 0 amide bonds. The van der Waals surface area contributed by atoms with E-state index in [-0.39, 0.29) is 0 Å². The van der Waals surface area contributed by atoms with Gasteiger partial charge in [0.1, 0.15) is 0 Å². The summed E-state index contributed by atoms with van der Waals surface area (Å²) in [5.74, 6) is 0.468. The zero-order chi connectivity index (χ0) is 16.5. The summed E-state index contributed by atoms with van der Waals surface area (Å²) >= 11 is 0. The highest BCUT2D eigenvalue weighted by molar-refractivity contribution is 7.92. The van der Waals surface area contributed by atoms with Gasteiger partial charge < -0.3 is 4.90 Å². The maximum atomic E-state index is 13.5. The molecule has 2 aromatic carbocycles. The van der Waals surface area contributed by atoms with Crippen molar-refractivity contribution in [1.29, 1.82) is 0 Å². The molecule has 2 aromatic rings. The summed E-state index contributed by atoms with van der Waals surface area (Å²) in [5.41, 5.74) is 1.06. The zero-order valence-corrected chi connectivity index (χ0v) is 14.8.